The number of anilines is 1. The number of hydrogen-bond acceptors (Lipinski definition) is 4. The first kappa shape index (κ1) is 14.1. The van der Waals surface area contributed by atoms with Gasteiger partial charge in [-0.25, -0.2) is 4.98 Å². The van der Waals surface area contributed by atoms with Gasteiger partial charge in [-0.1, -0.05) is 11.6 Å². The third-order valence-electron chi connectivity index (χ3n) is 3.18. The Morgan fingerprint density at radius 2 is 2.42 bits per heavy atom. The molecule has 1 fully saturated rings. The minimum absolute atomic E-state index is 0.0889. The Kier molecular flexibility index (Phi) is 4.61. The number of aromatic nitrogens is 1. The number of likely N-dealkylation sites (N-methyl/N-ethyl adjacent to an activating group) is 1. The molecule has 2 rings (SSSR count). The summed E-state index contributed by atoms with van der Waals surface area (Å²) in [5, 5.41) is 0.233. The van der Waals surface area contributed by atoms with Crippen LogP contribution in [0.15, 0.2) is 12.1 Å². The van der Waals surface area contributed by atoms with E-state index in [0.29, 0.717) is 18.7 Å². The van der Waals surface area contributed by atoms with Crippen molar-refractivity contribution in [2.45, 2.75) is 25.9 Å². The maximum Gasteiger partial charge on any atom is 0.254 e. The van der Waals surface area contributed by atoms with Crippen molar-refractivity contribution in [3.05, 3.63) is 22.8 Å². The summed E-state index contributed by atoms with van der Waals surface area (Å²) in [6.45, 7) is 3.96. The van der Waals surface area contributed by atoms with Crippen molar-refractivity contribution in [2.75, 3.05) is 25.4 Å². The number of pyridine rings is 1. The lowest BCUT2D eigenvalue weighted by Gasteiger charge is -2.24. The highest BCUT2D eigenvalue weighted by Crippen LogP contribution is 2.17. The van der Waals surface area contributed by atoms with Gasteiger partial charge in [-0.05, 0) is 31.9 Å². The highest BCUT2D eigenvalue weighted by molar-refractivity contribution is 6.29. The fourth-order valence-electron chi connectivity index (χ4n) is 2.21. The fourth-order valence-corrected chi connectivity index (χ4v) is 2.43. The first-order valence-corrected chi connectivity index (χ1v) is 6.82. The van der Waals surface area contributed by atoms with Gasteiger partial charge in [-0.2, -0.15) is 0 Å². The lowest BCUT2D eigenvalue weighted by Crippen LogP contribution is -2.37. The molecule has 19 heavy (non-hydrogen) atoms. The Morgan fingerprint density at radius 1 is 1.63 bits per heavy atom. The lowest BCUT2D eigenvalue weighted by atomic mass is 10.2. The number of rotatable bonds is 4. The monoisotopic (exact) mass is 283 g/mol. The van der Waals surface area contributed by atoms with E-state index in [4.69, 9.17) is 22.1 Å². The number of halogens is 1. The predicted octanol–water partition coefficient (Wildman–Crippen LogP) is 1.96. The van der Waals surface area contributed by atoms with Crippen LogP contribution >= 0.6 is 11.6 Å². The second kappa shape index (κ2) is 6.21. The van der Waals surface area contributed by atoms with Gasteiger partial charge in [-0.15, -0.1) is 0 Å². The third kappa shape index (κ3) is 3.58. The molecule has 104 valence electrons. The van der Waals surface area contributed by atoms with Gasteiger partial charge in [0.05, 0.1) is 6.10 Å². The molecule has 1 atom stereocenters. The lowest BCUT2D eigenvalue weighted by molar-refractivity contribution is 0.0539. The smallest absolute Gasteiger partial charge is 0.254 e. The number of amides is 1. The van der Waals surface area contributed by atoms with Crippen LogP contribution in [0.25, 0.3) is 0 Å². The molecule has 6 heteroatoms. The molecule has 2 N–H and O–H groups in total. The number of carbonyl (C=O) groups is 1. The van der Waals surface area contributed by atoms with Gasteiger partial charge >= 0.3 is 0 Å². The van der Waals surface area contributed by atoms with Crippen molar-refractivity contribution >= 4 is 23.3 Å². The van der Waals surface area contributed by atoms with E-state index >= 15 is 0 Å². The van der Waals surface area contributed by atoms with Crippen molar-refractivity contribution < 1.29 is 9.53 Å². The van der Waals surface area contributed by atoms with Crippen molar-refractivity contribution in [1.82, 2.24) is 9.88 Å². The third-order valence-corrected chi connectivity index (χ3v) is 3.37. The first-order chi connectivity index (χ1) is 9.10. The van der Waals surface area contributed by atoms with Gasteiger partial charge in [-0.3, -0.25) is 4.79 Å². The molecular weight excluding hydrogens is 266 g/mol. The zero-order valence-electron chi connectivity index (χ0n) is 10.9. The number of nitrogens with zero attached hydrogens (tertiary/aromatic N) is 2. The maximum absolute atomic E-state index is 12.4. The van der Waals surface area contributed by atoms with Crippen molar-refractivity contribution in [3.8, 4) is 0 Å². The topological polar surface area (TPSA) is 68.5 Å². The van der Waals surface area contributed by atoms with E-state index in [2.05, 4.69) is 4.98 Å². The Balaban J connectivity index is 2.10. The zero-order chi connectivity index (χ0) is 13.8. The summed E-state index contributed by atoms with van der Waals surface area (Å²) >= 11 is 5.83. The van der Waals surface area contributed by atoms with E-state index in [1.54, 1.807) is 17.0 Å². The minimum atomic E-state index is -0.0889. The number of hydrogen-bond donors (Lipinski definition) is 1. The summed E-state index contributed by atoms with van der Waals surface area (Å²) in [6.07, 6.45) is 2.20. The molecule has 0 spiro atoms. The molecule has 0 aromatic carbocycles. The summed E-state index contributed by atoms with van der Waals surface area (Å²) < 4.78 is 5.56. The maximum atomic E-state index is 12.4. The second-order valence-corrected chi connectivity index (χ2v) is 4.97. The molecule has 1 aliphatic rings. The predicted molar refractivity (Wildman–Crippen MR) is 74.2 cm³/mol. The molecular formula is C13H18ClN3O2. The van der Waals surface area contributed by atoms with Crippen LogP contribution in [0.3, 0.4) is 0 Å². The number of nitrogens with two attached hydrogens (primary N) is 1. The van der Waals surface area contributed by atoms with Crippen LogP contribution in [0.1, 0.15) is 30.1 Å². The van der Waals surface area contributed by atoms with Crippen molar-refractivity contribution in [1.29, 1.82) is 0 Å². The summed E-state index contributed by atoms with van der Waals surface area (Å²) in [6, 6.07) is 3.09. The normalized spacial score (nSPS) is 18.5. The molecule has 0 aliphatic carbocycles. The average molecular weight is 284 g/mol. The quantitative estimate of drug-likeness (QED) is 0.858. The molecule has 1 aromatic heterocycles. The summed E-state index contributed by atoms with van der Waals surface area (Å²) in [5.74, 6) is 0.165. The summed E-state index contributed by atoms with van der Waals surface area (Å²) in [4.78, 5) is 18.0. The molecule has 1 aliphatic heterocycles. The first-order valence-electron chi connectivity index (χ1n) is 6.44. The van der Waals surface area contributed by atoms with Crippen molar-refractivity contribution in [2.24, 2.45) is 0 Å². The van der Waals surface area contributed by atoms with Gasteiger partial charge in [0, 0.05) is 25.3 Å². The van der Waals surface area contributed by atoms with Crippen LogP contribution in [0, 0.1) is 0 Å². The standard InChI is InChI=1S/C13H18ClN3O2/c1-2-17(8-10-4-3-5-19-10)13(18)9-6-11(14)16-12(15)7-9/h6-7,10H,2-5,8H2,1H3,(H2,15,16). The minimum Gasteiger partial charge on any atom is -0.384 e. The Bertz CT molecular complexity index is 441. The van der Waals surface area contributed by atoms with E-state index < -0.39 is 0 Å². The molecule has 5 nitrogen and oxygen atoms in total. The average Bonchev–Trinajstić information content (AvgIpc) is 2.86. The van der Waals surface area contributed by atoms with Crippen LogP contribution < -0.4 is 5.73 Å². The molecule has 1 unspecified atom stereocenters. The SMILES string of the molecule is CCN(CC1CCCO1)C(=O)c1cc(N)nc(Cl)c1. The van der Waals surface area contributed by atoms with Gasteiger partial charge in [0.1, 0.15) is 11.0 Å². The number of ether oxygens (including phenoxy) is 1. The van der Waals surface area contributed by atoms with Gasteiger partial charge in [0.15, 0.2) is 0 Å². The van der Waals surface area contributed by atoms with Gasteiger partial charge < -0.3 is 15.4 Å². The molecule has 0 bridgehead atoms. The van der Waals surface area contributed by atoms with Crippen LogP contribution in [-0.2, 0) is 4.74 Å². The van der Waals surface area contributed by atoms with Gasteiger partial charge in [0.25, 0.3) is 5.91 Å². The molecule has 0 radical (unpaired) electrons. The number of carbonyl (C=O) groups excluding carboxylic acids is 1. The Labute approximate surface area is 117 Å². The van der Waals surface area contributed by atoms with E-state index in [-0.39, 0.29) is 23.0 Å². The van der Waals surface area contributed by atoms with E-state index in [9.17, 15) is 4.79 Å². The molecule has 2 heterocycles. The van der Waals surface area contributed by atoms with Crippen LogP contribution in [-0.4, -0.2) is 41.6 Å². The van der Waals surface area contributed by atoms with Gasteiger partial charge in [0.2, 0.25) is 0 Å². The van der Waals surface area contributed by atoms with Crippen LogP contribution in [0.5, 0.6) is 0 Å². The summed E-state index contributed by atoms with van der Waals surface area (Å²) in [7, 11) is 0. The van der Waals surface area contributed by atoms with Crippen LogP contribution in [0.2, 0.25) is 5.15 Å². The van der Waals surface area contributed by atoms with E-state index in [1.165, 1.54) is 0 Å². The summed E-state index contributed by atoms with van der Waals surface area (Å²) in [5.41, 5.74) is 6.08. The molecule has 0 saturated carbocycles. The number of nitrogen functional groups attached to an aromatic ring is 1. The second-order valence-electron chi connectivity index (χ2n) is 4.58. The molecule has 1 aromatic rings. The Hall–Kier alpha value is -1.33. The van der Waals surface area contributed by atoms with Crippen molar-refractivity contribution in [3.63, 3.8) is 0 Å². The largest absolute Gasteiger partial charge is 0.384 e. The highest BCUT2D eigenvalue weighted by atomic mass is 35.5. The molecule has 1 saturated heterocycles. The zero-order valence-corrected chi connectivity index (χ0v) is 11.7. The molecule has 1 amide bonds. The van der Waals surface area contributed by atoms with Crippen LogP contribution in [0.4, 0.5) is 5.82 Å². The van der Waals surface area contributed by atoms with E-state index in [0.717, 1.165) is 19.4 Å². The highest BCUT2D eigenvalue weighted by Gasteiger charge is 2.22. The van der Waals surface area contributed by atoms with E-state index in [1.807, 2.05) is 6.92 Å². The fraction of sp³-hybridized carbons (Fsp3) is 0.538. The Morgan fingerprint density at radius 3 is 3.00 bits per heavy atom.